The highest BCUT2D eigenvalue weighted by Crippen LogP contribution is 2.33. The first-order valence-electron chi connectivity index (χ1n) is 7.98. The van der Waals surface area contributed by atoms with E-state index in [2.05, 4.69) is 0 Å². The number of esters is 1. The molecule has 0 fully saturated rings. The average Bonchev–Trinajstić information content (AvgIpc) is 2.49. The van der Waals surface area contributed by atoms with E-state index in [0.29, 0.717) is 11.3 Å². The Balaban J connectivity index is 3.37. The van der Waals surface area contributed by atoms with E-state index < -0.39 is 40.2 Å². The van der Waals surface area contributed by atoms with Gasteiger partial charge < -0.3 is 9.47 Å². The van der Waals surface area contributed by atoms with E-state index in [-0.39, 0.29) is 0 Å². The number of hydrogen-bond acceptors (Lipinski definition) is 6. The Hall–Kier alpha value is -2.44. The Morgan fingerprint density at radius 1 is 1.16 bits per heavy atom. The van der Waals surface area contributed by atoms with Crippen molar-refractivity contribution in [2.45, 2.75) is 52.2 Å². The van der Waals surface area contributed by atoms with Gasteiger partial charge in [-0.2, -0.15) is 0 Å². The van der Waals surface area contributed by atoms with E-state index in [1.54, 1.807) is 45.0 Å². The molecule has 0 amide bonds. The van der Waals surface area contributed by atoms with Gasteiger partial charge in [-0.05, 0) is 45.4 Å². The minimum Gasteiger partial charge on any atom is -0.497 e. The maximum atomic E-state index is 12.6. The fraction of sp³-hybridized carbons (Fsp3) is 0.556. The number of ether oxygens (including phenoxy) is 2. The van der Waals surface area contributed by atoms with E-state index in [0.717, 1.165) is 0 Å². The predicted octanol–water partition coefficient (Wildman–Crippen LogP) is 2.99. The molecule has 138 valence electrons. The molecule has 3 atom stereocenters. The number of carbonyl (C=O) groups is 2. The normalized spacial score (nSPS) is 15.0. The van der Waals surface area contributed by atoms with Crippen molar-refractivity contribution in [2.75, 3.05) is 7.11 Å². The second-order valence-electron chi connectivity index (χ2n) is 6.95. The van der Waals surface area contributed by atoms with Crippen LogP contribution in [0.15, 0.2) is 24.3 Å². The standard InChI is InChI=1S/C18H25NO6/c1-11(19(22)23)15(13-7-9-14(24-6)10-8-13)16(12(2)20)17(21)25-18(3,4)5/h7-11,15-16H,1-6H3/t11-,15+,16-/m0/s1. The zero-order chi connectivity index (χ0) is 19.4. The highest BCUT2D eigenvalue weighted by Gasteiger charge is 2.44. The van der Waals surface area contributed by atoms with Crippen LogP contribution < -0.4 is 4.74 Å². The molecule has 7 nitrogen and oxygen atoms in total. The van der Waals surface area contributed by atoms with Crippen molar-refractivity contribution in [3.63, 3.8) is 0 Å². The number of methoxy groups -OCH3 is 1. The Morgan fingerprint density at radius 3 is 2.04 bits per heavy atom. The third kappa shape index (κ3) is 5.55. The molecule has 1 rings (SSSR count). The average molecular weight is 351 g/mol. The van der Waals surface area contributed by atoms with Gasteiger partial charge in [-0.25, -0.2) is 0 Å². The van der Waals surface area contributed by atoms with Crippen LogP contribution in [0.3, 0.4) is 0 Å². The quantitative estimate of drug-likeness (QED) is 0.324. The maximum absolute atomic E-state index is 12.6. The van der Waals surface area contributed by atoms with Crippen molar-refractivity contribution in [1.82, 2.24) is 0 Å². The number of nitrogens with zero attached hydrogens (tertiary/aromatic N) is 1. The second kappa shape index (κ2) is 8.09. The van der Waals surface area contributed by atoms with Crippen LogP contribution in [-0.2, 0) is 14.3 Å². The van der Waals surface area contributed by atoms with E-state index in [4.69, 9.17) is 9.47 Å². The summed E-state index contributed by atoms with van der Waals surface area (Å²) in [5, 5.41) is 11.4. The van der Waals surface area contributed by atoms with Gasteiger partial charge in [0, 0.05) is 11.8 Å². The SMILES string of the molecule is COc1ccc([C@H]([C@H](C(C)=O)C(=O)OC(C)(C)C)[C@H](C)[N+](=O)[O-])cc1. The highest BCUT2D eigenvalue weighted by molar-refractivity contribution is 5.99. The molecule has 0 aliphatic heterocycles. The first kappa shape index (κ1) is 20.6. The molecule has 0 heterocycles. The lowest BCUT2D eigenvalue weighted by atomic mass is 9.79. The summed E-state index contributed by atoms with van der Waals surface area (Å²) in [7, 11) is 1.51. The zero-order valence-corrected chi connectivity index (χ0v) is 15.4. The molecule has 1 aromatic carbocycles. The van der Waals surface area contributed by atoms with Gasteiger partial charge >= 0.3 is 5.97 Å². The molecule has 0 radical (unpaired) electrons. The topological polar surface area (TPSA) is 95.7 Å². The van der Waals surface area contributed by atoms with Gasteiger partial charge in [-0.1, -0.05) is 12.1 Å². The number of benzene rings is 1. The molecular formula is C18H25NO6. The zero-order valence-electron chi connectivity index (χ0n) is 15.4. The van der Waals surface area contributed by atoms with Crippen LogP contribution in [0.25, 0.3) is 0 Å². The van der Waals surface area contributed by atoms with Crippen LogP contribution in [0, 0.1) is 16.0 Å². The van der Waals surface area contributed by atoms with Crippen molar-refractivity contribution >= 4 is 11.8 Å². The van der Waals surface area contributed by atoms with Crippen LogP contribution in [0.4, 0.5) is 0 Å². The van der Waals surface area contributed by atoms with Crippen molar-refractivity contribution in [3.8, 4) is 5.75 Å². The number of ketones is 1. The number of carbonyl (C=O) groups excluding carboxylic acids is 2. The molecule has 0 saturated carbocycles. The summed E-state index contributed by atoms with van der Waals surface area (Å²) in [6.45, 7) is 7.68. The summed E-state index contributed by atoms with van der Waals surface area (Å²) in [4.78, 5) is 35.7. The summed E-state index contributed by atoms with van der Waals surface area (Å²) in [5.74, 6) is -2.84. The lowest BCUT2D eigenvalue weighted by molar-refractivity contribution is -0.523. The van der Waals surface area contributed by atoms with Crippen LogP contribution in [-0.4, -0.2) is 35.4 Å². The van der Waals surface area contributed by atoms with Gasteiger partial charge in [0.15, 0.2) is 0 Å². The Labute approximate surface area is 147 Å². The number of nitro groups is 1. The Bertz CT molecular complexity index is 632. The fourth-order valence-electron chi connectivity index (χ4n) is 2.64. The van der Waals surface area contributed by atoms with Crippen LogP contribution >= 0.6 is 0 Å². The van der Waals surface area contributed by atoms with Gasteiger partial charge in [0.25, 0.3) is 0 Å². The molecule has 1 aromatic rings. The van der Waals surface area contributed by atoms with E-state index >= 15 is 0 Å². The fourth-order valence-corrected chi connectivity index (χ4v) is 2.64. The third-order valence-corrected chi connectivity index (χ3v) is 3.81. The minimum atomic E-state index is -1.26. The maximum Gasteiger partial charge on any atom is 0.317 e. The van der Waals surface area contributed by atoms with Crippen LogP contribution in [0.5, 0.6) is 5.75 Å². The summed E-state index contributed by atoms with van der Waals surface area (Å²) in [6.07, 6.45) is 0. The molecule has 7 heteroatoms. The Kier molecular flexibility index (Phi) is 6.67. The molecule has 0 aliphatic carbocycles. The van der Waals surface area contributed by atoms with Crippen molar-refractivity contribution in [3.05, 3.63) is 39.9 Å². The smallest absolute Gasteiger partial charge is 0.317 e. The first-order chi connectivity index (χ1) is 11.5. The number of rotatable bonds is 7. The van der Waals surface area contributed by atoms with E-state index in [9.17, 15) is 19.7 Å². The molecule has 0 N–H and O–H groups in total. The van der Waals surface area contributed by atoms with E-state index in [1.807, 2.05) is 0 Å². The summed E-state index contributed by atoms with van der Waals surface area (Å²) in [5.41, 5.74) is -0.288. The van der Waals surface area contributed by atoms with Crippen molar-refractivity contribution in [2.24, 2.45) is 5.92 Å². The van der Waals surface area contributed by atoms with Gasteiger partial charge in [0.2, 0.25) is 6.04 Å². The van der Waals surface area contributed by atoms with Gasteiger partial charge in [0.05, 0.1) is 13.0 Å². The van der Waals surface area contributed by atoms with Gasteiger partial charge in [-0.15, -0.1) is 0 Å². The molecule has 0 unspecified atom stereocenters. The molecule has 0 aromatic heterocycles. The lowest BCUT2D eigenvalue weighted by Crippen LogP contribution is -2.41. The predicted molar refractivity (Wildman–Crippen MR) is 92.2 cm³/mol. The van der Waals surface area contributed by atoms with Gasteiger partial charge in [0.1, 0.15) is 23.1 Å². The lowest BCUT2D eigenvalue weighted by Gasteiger charge is -2.28. The second-order valence-corrected chi connectivity index (χ2v) is 6.95. The van der Waals surface area contributed by atoms with Crippen molar-refractivity contribution < 1.29 is 24.0 Å². The summed E-state index contributed by atoms with van der Waals surface area (Å²) >= 11 is 0. The molecule has 25 heavy (non-hydrogen) atoms. The highest BCUT2D eigenvalue weighted by atomic mass is 16.6. The van der Waals surface area contributed by atoms with Gasteiger partial charge in [-0.3, -0.25) is 19.7 Å². The minimum absolute atomic E-state index is 0.469. The Morgan fingerprint density at radius 2 is 1.68 bits per heavy atom. The monoisotopic (exact) mass is 351 g/mol. The number of hydrogen-bond donors (Lipinski definition) is 0. The molecular weight excluding hydrogens is 326 g/mol. The molecule has 0 aliphatic rings. The number of Topliss-reactive ketones (excluding diaryl/α,β-unsaturated/α-hetero) is 1. The summed E-state index contributed by atoms with van der Waals surface area (Å²) < 4.78 is 10.4. The summed E-state index contributed by atoms with van der Waals surface area (Å²) in [6, 6.07) is 5.39. The molecule has 0 saturated heterocycles. The first-order valence-corrected chi connectivity index (χ1v) is 7.98. The molecule has 0 bridgehead atoms. The van der Waals surface area contributed by atoms with Crippen LogP contribution in [0.2, 0.25) is 0 Å². The third-order valence-electron chi connectivity index (χ3n) is 3.81. The van der Waals surface area contributed by atoms with Crippen LogP contribution in [0.1, 0.15) is 46.1 Å². The molecule has 0 spiro atoms. The van der Waals surface area contributed by atoms with Crippen molar-refractivity contribution in [1.29, 1.82) is 0 Å². The largest absolute Gasteiger partial charge is 0.497 e. The van der Waals surface area contributed by atoms with E-state index in [1.165, 1.54) is 21.0 Å².